The average Bonchev–Trinajstić information content (AvgIpc) is 2.49. The lowest BCUT2D eigenvalue weighted by atomic mass is 10.2. The Morgan fingerprint density at radius 1 is 1.32 bits per heavy atom. The summed E-state index contributed by atoms with van der Waals surface area (Å²) in [7, 11) is 0. The molecule has 1 amide bonds. The van der Waals surface area contributed by atoms with E-state index in [4.69, 9.17) is 5.11 Å². The van der Waals surface area contributed by atoms with Gasteiger partial charge in [0.25, 0.3) is 5.69 Å². The maximum Gasteiger partial charge on any atom is 0.308 e. The van der Waals surface area contributed by atoms with E-state index in [9.17, 15) is 19.7 Å². The molecule has 120 valence electrons. The Morgan fingerprint density at radius 2 is 1.95 bits per heavy atom. The van der Waals surface area contributed by atoms with Crippen LogP contribution >= 0.6 is 0 Å². The van der Waals surface area contributed by atoms with E-state index in [0.29, 0.717) is 13.0 Å². The molecule has 0 spiro atoms. The molecule has 1 aromatic rings. The highest BCUT2D eigenvalue weighted by Gasteiger charge is 2.11. The maximum atomic E-state index is 11.5. The van der Waals surface area contributed by atoms with Crippen molar-refractivity contribution in [2.24, 2.45) is 5.92 Å². The molecule has 0 bridgehead atoms. The lowest BCUT2D eigenvalue weighted by molar-refractivity contribution is -0.384. The van der Waals surface area contributed by atoms with Gasteiger partial charge in [0.15, 0.2) is 0 Å². The third-order valence-corrected chi connectivity index (χ3v) is 3.01. The molecule has 0 saturated carbocycles. The van der Waals surface area contributed by atoms with Gasteiger partial charge in [-0.1, -0.05) is 6.92 Å². The molecule has 0 saturated heterocycles. The van der Waals surface area contributed by atoms with Gasteiger partial charge in [0.2, 0.25) is 5.91 Å². The first-order valence-corrected chi connectivity index (χ1v) is 6.88. The maximum absolute atomic E-state index is 11.5. The first-order valence-electron chi connectivity index (χ1n) is 6.88. The van der Waals surface area contributed by atoms with Crippen molar-refractivity contribution in [3.63, 3.8) is 0 Å². The monoisotopic (exact) mass is 309 g/mol. The Labute approximate surface area is 127 Å². The summed E-state index contributed by atoms with van der Waals surface area (Å²) >= 11 is 0. The Bertz CT molecular complexity index is 530. The molecule has 22 heavy (non-hydrogen) atoms. The molecule has 1 atom stereocenters. The van der Waals surface area contributed by atoms with Gasteiger partial charge in [-0.15, -0.1) is 0 Å². The number of carboxylic acids is 1. The number of amides is 1. The van der Waals surface area contributed by atoms with E-state index < -0.39 is 16.8 Å². The van der Waals surface area contributed by atoms with Crippen LogP contribution in [-0.4, -0.2) is 35.0 Å². The number of anilines is 1. The van der Waals surface area contributed by atoms with Gasteiger partial charge in [-0.05, 0) is 18.6 Å². The topological polar surface area (TPSA) is 122 Å². The lowest BCUT2D eigenvalue weighted by Gasteiger charge is -2.09. The molecule has 1 unspecified atom stereocenters. The minimum atomic E-state index is -0.944. The van der Waals surface area contributed by atoms with Crippen LogP contribution in [0, 0.1) is 16.0 Å². The number of nitrogens with zero attached hydrogens (tertiary/aromatic N) is 1. The summed E-state index contributed by atoms with van der Waals surface area (Å²) < 4.78 is 0. The number of rotatable bonds is 9. The van der Waals surface area contributed by atoms with Crippen LogP contribution in [-0.2, 0) is 9.59 Å². The summed E-state index contributed by atoms with van der Waals surface area (Å²) in [5, 5.41) is 24.8. The normalized spacial score (nSPS) is 11.5. The largest absolute Gasteiger partial charge is 0.481 e. The van der Waals surface area contributed by atoms with Crippen molar-refractivity contribution in [3.8, 4) is 0 Å². The highest BCUT2D eigenvalue weighted by Crippen LogP contribution is 2.15. The SMILES string of the molecule is CC(CNC(=O)CCCNc1ccc([N+](=O)[O-])cc1)C(=O)O. The van der Waals surface area contributed by atoms with E-state index >= 15 is 0 Å². The van der Waals surface area contributed by atoms with Crippen LogP contribution < -0.4 is 10.6 Å². The number of hydrogen-bond acceptors (Lipinski definition) is 5. The van der Waals surface area contributed by atoms with Crippen LogP contribution in [0.15, 0.2) is 24.3 Å². The van der Waals surface area contributed by atoms with Gasteiger partial charge in [-0.3, -0.25) is 19.7 Å². The molecule has 1 aromatic carbocycles. The highest BCUT2D eigenvalue weighted by molar-refractivity contribution is 5.77. The fourth-order valence-corrected chi connectivity index (χ4v) is 1.63. The number of aliphatic carboxylic acids is 1. The molecule has 3 N–H and O–H groups in total. The molecular formula is C14H19N3O5. The summed E-state index contributed by atoms with van der Waals surface area (Å²) in [6, 6.07) is 6.02. The van der Waals surface area contributed by atoms with Crippen molar-refractivity contribution in [1.82, 2.24) is 5.32 Å². The third kappa shape index (κ3) is 6.21. The van der Waals surface area contributed by atoms with Crippen LogP contribution in [0.1, 0.15) is 19.8 Å². The number of benzene rings is 1. The van der Waals surface area contributed by atoms with Gasteiger partial charge in [0.1, 0.15) is 0 Å². The van der Waals surface area contributed by atoms with E-state index in [-0.39, 0.29) is 24.6 Å². The quantitative estimate of drug-likeness (QED) is 0.362. The Kier molecular flexibility index (Phi) is 6.81. The molecule has 0 aromatic heterocycles. The van der Waals surface area contributed by atoms with Crippen molar-refractivity contribution in [2.45, 2.75) is 19.8 Å². The summed E-state index contributed by atoms with van der Waals surface area (Å²) in [6.07, 6.45) is 0.858. The molecule has 1 rings (SSSR count). The van der Waals surface area contributed by atoms with Crippen molar-refractivity contribution in [3.05, 3.63) is 34.4 Å². The smallest absolute Gasteiger partial charge is 0.308 e. The van der Waals surface area contributed by atoms with Crippen LogP contribution in [0.25, 0.3) is 0 Å². The van der Waals surface area contributed by atoms with Gasteiger partial charge in [-0.25, -0.2) is 0 Å². The molecule has 0 aliphatic carbocycles. The minimum absolute atomic E-state index is 0.0254. The lowest BCUT2D eigenvalue weighted by Crippen LogP contribution is -2.31. The van der Waals surface area contributed by atoms with Gasteiger partial charge in [0.05, 0.1) is 10.8 Å². The number of carbonyl (C=O) groups is 2. The van der Waals surface area contributed by atoms with Crippen LogP contribution in [0.2, 0.25) is 0 Å². The number of nitro groups is 1. The Hall–Kier alpha value is -2.64. The number of carbonyl (C=O) groups excluding carboxylic acids is 1. The predicted octanol–water partition coefficient (Wildman–Crippen LogP) is 1.62. The molecule has 8 heteroatoms. The number of non-ortho nitro benzene ring substituents is 1. The van der Waals surface area contributed by atoms with Gasteiger partial charge in [0, 0.05) is 37.3 Å². The number of hydrogen-bond donors (Lipinski definition) is 3. The zero-order valence-electron chi connectivity index (χ0n) is 12.2. The van der Waals surface area contributed by atoms with E-state index in [1.165, 1.54) is 19.1 Å². The number of carboxylic acid groups (broad SMARTS) is 1. The summed E-state index contributed by atoms with van der Waals surface area (Å²) in [5.41, 5.74) is 0.767. The van der Waals surface area contributed by atoms with Crippen molar-refractivity contribution >= 4 is 23.3 Å². The molecule has 0 aliphatic rings. The van der Waals surface area contributed by atoms with E-state index in [1.807, 2.05) is 0 Å². The average molecular weight is 309 g/mol. The fourth-order valence-electron chi connectivity index (χ4n) is 1.63. The van der Waals surface area contributed by atoms with Crippen molar-refractivity contribution in [2.75, 3.05) is 18.4 Å². The molecule has 0 aliphatic heterocycles. The molecular weight excluding hydrogens is 290 g/mol. The number of nitro benzene ring substituents is 1. The molecule has 0 radical (unpaired) electrons. The van der Waals surface area contributed by atoms with Crippen LogP contribution in [0.5, 0.6) is 0 Å². The first-order chi connectivity index (χ1) is 10.4. The van der Waals surface area contributed by atoms with E-state index in [0.717, 1.165) is 5.69 Å². The van der Waals surface area contributed by atoms with Crippen molar-refractivity contribution < 1.29 is 19.6 Å². The second-order valence-corrected chi connectivity index (χ2v) is 4.88. The first kappa shape index (κ1) is 17.4. The predicted molar refractivity (Wildman–Crippen MR) is 80.6 cm³/mol. The van der Waals surface area contributed by atoms with E-state index in [2.05, 4.69) is 10.6 Å². The third-order valence-electron chi connectivity index (χ3n) is 3.01. The molecule has 0 heterocycles. The van der Waals surface area contributed by atoms with Gasteiger partial charge >= 0.3 is 5.97 Å². The van der Waals surface area contributed by atoms with Gasteiger partial charge < -0.3 is 15.7 Å². The van der Waals surface area contributed by atoms with Crippen molar-refractivity contribution in [1.29, 1.82) is 0 Å². The van der Waals surface area contributed by atoms with E-state index in [1.54, 1.807) is 12.1 Å². The molecule has 8 nitrogen and oxygen atoms in total. The second-order valence-electron chi connectivity index (χ2n) is 4.88. The summed E-state index contributed by atoms with van der Waals surface area (Å²) in [6.45, 7) is 2.18. The molecule has 0 fully saturated rings. The highest BCUT2D eigenvalue weighted by atomic mass is 16.6. The minimum Gasteiger partial charge on any atom is -0.481 e. The van der Waals surface area contributed by atoms with Crippen LogP contribution in [0.3, 0.4) is 0 Å². The zero-order chi connectivity index (χ0) is 16.5. The second kappa shape index (κ2) is 8.60. The number of nitrogens with one attached hydrogen (secondary N) is 2. The fraction of sp³-hybridized carbons (Fsp3) is 0.429. The van der Waals surface area contributed by atoms with Crippen LogP contribution in [0.4, 0.5) is 11.4 Å². The standard InChI is InChI=1S/C14H19N3O5/c1-10(14(19)20)9-16-13(18)3-2-8-15-11-4-6-12(7-5-11)17(21)22/h4-7,10,15H,2-3,8-9H2,1H3,(H,16,18)(H,19,20). The summed E-state index contributed by atoms with van der Waals surface area (Å²) in [4.78, 5) is 32.1. The van der Waals surface area contributed by atoms with Gasteiger partial charge in [-0.2, -0.15) is 0 Å². The Balaban J connectivity index is 2.20. The zero-order valence-corrected chi connectivity index (χ0v) is 12.2. The summed E-state index contributed by atoms with van der Waals surface area (Å²) in [5.74, 6) is -1.75. The Morgan fingerprint density at radius 3 is 2.50 bits per heavy atom.